The van der Waals surface area contributed by atoms with Gasteiger partial charge in [0, 0.05) is 24.4 Å². The van der Waals surface area contributed by atoms with Gasteiger partial charge >= 0.3 is 0 Å². The largest absolute Gasteiger partial charge is 0.353 e. The van der Waals surface area contributed by atoms with Gasteiger partial charge in [-0.1, -0.05) is 18.1 Å². The van der Waals surface area contributed by atoms with Crippen LogP contribution in [0.2, 0.25) is 0 Å². The summed E-state index contributed by atoms with van der Waals surface area (Å²) in [6, 6.07) is 3.56. The van der Waals surface area contributed by atoms with Crippen molar-refractivity contribution in [3.63, 3.8) is 0 Å². The quantitative estimate of drug-likeness (QED) is 0.745. The minimum Gasteiger partial charge on any atom is -0.353 e. The molecule has 1 fully saturated rings. The highest BCUT2D eigenvalue weighted by Gasteiger charge is 2.30. The number of hydrogen-bond donors (Lipinski definition) is 2. The predicted molar refractivity (Wildman–Crippen MR) is 91.9 cm³/mol. The number of piperazine rings is 1. The number of carbonyl (C=O) groups excluding carboxylic acids is 2. The molecule has 0 saturated carbocycles. The summed E-state index contributed by atoms with van der Waals surface area (Å²) >= 11 is 1.63. The molecule has 1 unspecified atom stereocenters. The highest BCUT2D eigenvalue weighted by molar-refractivity contribution is 7.09. The van der Waals surface area contributed by atoms with Crippen LogP contribution in [0, 0.1) is 0 Å². The molecule has 2 N–H and O–H groups in total. The molecule has 134 valence electrons. The van der Waals surface area contributed by atoms with Crippen LogP contribution < -0.4 is 10.6 Å². The Balaban J connectivity index is 1.48. The maximum absolute atomic E-state index is 12.1. The number of thiophene rings is 1. The molecule has 8 nitrogen and oxygen atoms in total. The van der Waals surface area contributed by atoms with Gasteiger partial charge in [-0.2, -0.15) is 4.98 Å². The van der Waals surface area contributed by atoms with Gasteiger partial charge in [-0.3, -0.25) is 14.5 Å². The van der Waals surface area contributed by atoms with Crippen molar-refractivity contribution in [3.8, 4) is 0 Å². The Morgan fingerprint density at radius 3 is 3.20 bits per heavy atom. The maximum Gasteiger partial charge on any atom is 0.246 e. The van der Waals surface area contributed by atoms with Crippen LogP contribution in [-0.4, -0.2) is 52.5 Å². The Hall–Kier alpha value is -2.26. The third-order valence-corrected chi connectivity index (χ3v) is 4.96. The van der Waals surface area contributed by atoms with Crippen LogP contribution in [0.5, 0.6) is 0 Å². The van der Waals surface area contributed by atoms with Crippen molar-refractivity contribution in [3.05, 3.63) is 34.1 Å². The third-order valence-electron chi connectivity index (χ3n) is 4.09. The average Bonchev–Trinajstić information content (AvgIpc) is 3.27. The topological polar surface area (TPSA) is 100 Å². The van der Waals surface area contributed by atoms with Crippen LogP contribution in [0.25, 0.3) is 0 Å². The number of hydrogen-bond acceptors (Lipinski definition) is 7. The van der Waals surface area contributed by atoms with Gasteiger partial charge in [-0.25, -0.2) is 0 Å². The molecular formula is C16H21N5O3S. The summed E-state index contributed by atoms with van der Waals surface area (Å²) in [6.07, 6.45) is 0.735. The smallest absolute Gasteiger partial charge is 0.246 e. The fourth-order valence-corrected chi connectivity index (χ4v) is 3.49. The van der Waals surface area contributed by atoms with Gasteiger partial charge in [0.05, 0.1) is 19.0 Å². The lowest BCUT2D eigenvalue weighted by Gasteiger charge is -2.33. The number of rotatable bonds is 7. The second-order valence-electron chi connectivity index (χ2n) is 5.78. The van der Waals surface area contributed by atoms with E-state index < -0.39 is 6.04 Å². The Bertz CT molecular complexity index is 715. The third kappa shape index (κ3) is 4.64. The zero-order valence-corrected chi connectivity index (χ0v) is 14.8. The zero-order valence-electron chi connectivity index (χ0n) is 14.0. The molecule has 0 aliphatic carbocycles. The lowest BCUT2D eigenvalue weighted by Crippen LogP contribution is -2.56. The van der Waals surface area contributed by atoms with Crippen LogP contribution in [0.4, 0.5) is 0 Å². The molecule has 0 spiro atoms. The normalized spacial score (nSPS) is 18.1. The van der Waals surface area contributed by atoms with Crippen LogP contribution in [0.3, 0.4) is 0 Å². The summed E-state index contributed by atoms with van der Waals surface area (Å²) in [5.74, 6) is 0.647. The standard InChI is InChI=1S/C16H21N5O3S/c1-2-21-6-5-17-16(23)12(21)9-14(22)18-10-15-19-13(20-24-15)8-11-4-3-7-25-11/h3-4,7,12H,2,5-6,8-10H2,1H3,(H,17,23)(H,18,22). The summed E-state index contributed by atoms with van der Waals surface area (Å²) in [4.78, 5) is 31.5. The van der Waals surface area contributed by atoms with Crippen LogP contribution in [0.15, 0.2) is 22.0 Å². The van der Waals surface area contributed by atoms with Crippen molar-refractivity contribution in [2.75, 3.05) is 19.6 Å². The molecule has 1 atom stereocenters. The molecule has 0 aromatic carbocycles. The van der Waals surface area contributed by atoms with E-state index >= 15 is 0 Å². The fraction of sp³-hybridized carbons (Fsp3) is 0.500. The first-order valence-electron chi connectivity index (χ1n) is 8.28. The maximum atomic E-state index is 12.1. The SMILES string of the molecule is CCN1CCNC(=O)C1CC(=O)NCc1nc(Cc2cccs2)no1. The minimum absolute atomic E-state index is 0.0979. The minimum atomic E-state index is -0.421. The van der Waals surface area contributed by atoms with E-state index in [1.807, 2.05) is 29.3 Å². The summed E-state index contributed by atoms with van der Waals surface area (Å²) in [6.45, 7) is 4.27. The van der Waals surface area contributed by atoms with Gasteiger partial charge in [-0.15, -0.1) is 11.3 Å². The van der Waals surface area contributed by atoms with Crippen molar-refractivity contribution >= 4 is 23.2 Å². The van der Waals surface area contributed by atoms with Crippen molar-refractivity contribution in [1.82, 2.24) is 25.7 Å². The summed E-state index contributed by atoms with van der Waals surface area (Å²) in [5, 5.41) is 11.5. The number of amides is 2. The molecular weight excluding hydrogens is 342 g/mol. The molecule has 3 heterocycles. The van der Waals surface area contributed by atoms with E-state index in [0.717, 1.165) is 18.0 Å². The first kappa shape index (κ1) is 17.6. The van der Waals surface area contributed by atoms with Gasteiger partial charge in [0.25, 0.3) is 0 Å². The van der Waals surface area contributed by atoms with Gasteiger partial charge in [0.2, 0.25) is 17.7 Å². The van der Waals surface area contributed by atoms with Crippen molar-refractivity contribution < 1.29 is 14.1 Å². The first-order chi connectivity index (χ1) is 12.2. The molecule has 1 aliphatic heterocycles. The molecule has 9 heteroatoms. The van der Waals surface area contributed by atoms with Crippen molar-refractivity contribution in [2.45, 2.75) is 32.4 Å². The van der Waals surface area contributed by atoms with Gasteiger partial charge in [0.15, 0.2) is 5.82 Å². The number of nitrogens with zero attached hydrogens (tertiary/aromatic N) is 3. The first-order valence-corrected chi connectivity index (χ1v) is 9.16. The summed E-state index contributed by atoms with van der Waals surface area (Å²) < 4.78 is 5.16. The Kier molecular flexibility index (Phi) is 5.77. The highest BCUT2D eigenvalue weighted by atomic mass is 32.1. The second kappa shape index (κ2) is 8.21. The number of carbonyl (C=O) groups is 2. The van der Waals surface area contributed by atoms with E-state index in [1.54, 1.807) is 11.3 Å². The molecule has 2 amide bonds. The Morgan fingerprint density at radius 1 is 1.56 bits per heavy atom. The monoisotopic (exact) mass is 363 g/mol. The van der Waals surface area contributed by atoms with Crippen molar-refractivity contribution in [1.29, 1.82) is 0 Å². The van der Waals surface area contributed by atoms with E-state index in [0.29, 0.717) is 24.7 Å². The molecule has 2 aromatic heterocycles. The van der Waals surface area contributed by atoms with Gasteiger partial charge < -0.3 is 15.2 Å². The molecule has 0 radical (unpaired) electrons. The molecule has 1 saturated heterocycles. The number of likely N-dealkylation sites (N-methyl/N-ethyl adjacent to an activating group) is 1. The van der Waals surface area contributed by atoms with E-state index in [1.165, 1.54) is 0 Å². The van der Waals surface area contributed by atoms with Crippen molar-refractivity contribution in [2.24, 2.45) is 0 Å². The van der Waals surface area contributed by atoms with Gasteiger partial charge in [0.1, 0.15) is 0 Å². The molecule has 2 aromatic rings. The summed E-state index contributed by atoms with van der Waals surface area (Å²) in [7, 11) is 0. The highest BCUT2D eigenvalue weighted by Crippen LogP contribution is 2.13. The van der Waals surface area contributed by atoms with Crippen LogP contribution in [0.1, 0.15) is 29.9 Å². The molecule has 3 rings (SSSR count). The van der Waals surface area contributed by atoms with Crippen LogP contribution in [-0.2, 0) is 22.6 Å². The van der Waals surface area contributed by atoms with E-state index in [-0.39, 0.29) is 24.8 Å². The second-order valence-corrected chi connectivity index (χ2v) is 6.81. The predicted octanol–water partition coefficient (Wildman–Crippen LogP) is 0.549. The molecule has 0 bridgehead atoms. The van der Waals surface area contributed by atoms with E-state index in [4.69, 9.17) is 4.52 Å². The number of nitrogens with one attached hydrogen (secondary N) is 2. The van der Waals surface area contributed by atoms with E-state index in [2.05, 4.69) is 20.8 Å². The van der Waals surface area contributed by atoms with E-state index in [9.17, 15) is 9.59 Å². The Morgan fingerprint density at radius 2 is 2.44 bits per heavy atom. The molecule has 25 heavy (non-hydrogen) atoms. The summed E-state index contributed by atoms with van der Waals surface area (Å²) in [5.41, 5.74) is 0. The fourth-order valence-electron chi connectivity index (χ4n) is 2.79. The number of aromatic nitrogens is 2. The average molecular weight is 363 g/mol. The van der Waals surface area contributed by atoms with Gasteiger partial charge in [-0.05, 0) is 18.0 Å². The zero-order chi connectivity index (χ0) is 17.6. The lowest BCUT2D eigenvalue weighted by atomic mass is 10.1. The lowest BCUT2D eigenvalue weighted by molar-refractivity contribution is -0.133. The Labute approximate surface area is 149 Å². The van der Waals surface area contributed by atoms with Crippen LogP contribution >= 0.6 is 11.3 Å². The molecule has 1 aliphatic rings.